The molecule has 2 rings (SSSR count). The predicted octanol–water partition coefficient (Wildman–Crippen LogP) is -0.367. The lowest BCUT2D eigenvalue weighted by Gasteiger charge is -2.05. The van der Waals surface area contributed by atoms with Gasteiger partial charge in [0, 0.05) is 6.54 Å². The van der Waals surface area contributed by atoms with E-state index in [1.807, 2.05) is 0 Å². The minimum absolute atomic E-state index is 0.135. The molecule has 0 saturated heterocycles. The zero-order chi connectivity index (χ0) is 11.5. The van der Waals surface area contributed by atoms with E-state index in [9.17, 15) is 4.39 Å². The molecule has 2 aromatic rings. The van der Waals surface area contributed by atoms with Crippen LogP contribution in [0.5, 0.6) is 0 Å². The van der Waals surface area contributed by atoms with Crippen molar-refractivity contribution in [1.82, 2.24) is 14.6 Å². The normalized spacial score (nSPS) is 12.9. The van der Waals surface area contributed by atoms with Crippen molar-refractivity contribution in [1.29, 1.82) is 0 Å². The Balaban J connectivity index is 2.13. The quantitative estimate of drug-likeness (QED) is 0.662. The van der Waals surface area contributed by atoms with Gasteiger partial charge in [-0.2, -0.15) is 4.98 Å². The third-order valence-corrected chi connectivity index (χ3v) is 2.00. The Morgan fingerprint density at radius 1 is 1.50 bits per heavy atom. The van der Waals surface area contributed by atoms with Gasteiger partial charge in [-0.05, 0) is 12.1 Å². The lowest BCUT2D eigenvalue weighted by atomic mass is 10.4. The minimum atomic E-state index is -0.872. The maximum Gasteiger partial charge on any atom is 0.243 e. The summed E-state index contributed by atoms with van der Waals surface area (Å²) >= 11 is 0. The fraction of sp³-hybridized carbons (Fsp3) is 0.333. The van der Waals surface area contributed by atoms with Crippen molar-refractivity contribution in [2.45, 2.75) is 6.10 Å². The van der Waals surface area contributed by atoms with Crippen LogP contribution in [-0.4, -0.2) is 44.1 Å². The van der Waals surface area contributed by atoms with Gasteiger partial charge < -0.3 is 15.5 Å². The first-order valence-corrected chi connectivity index (χ1v) is 4.74. The Morgan fingerprint density at radius 3 is 3.06 bits per heavy atom. The standard InChI is InChI=1S/C9H11FN4O2/c10-6-1-2-8-12-9(13-14(8)4-6)11-3-7(16)5-15/h1-2,4,7,15-16H,3,5H2,(H,11,13). The lowest BCUT2D eigenvalue weighted by Crippen LogP contribution is -2.23. The lowest BCUT2D eigenvalue weighted by molar-refractivity contribution is 0.105. The Hall–Kier alpha value is -1.73. The van der Waals surface area contributed by atoms with Gasteiger partial charge in [0.15, 0.2) is 5.65 Å². The molecular formula is C9H11FN4O2. The van der Waals surface area contributed by atoms with E-state index in [0.29, 0.717) is 5.65 Å². The van der Waals surface area contributed by atoms with Gasteiger partial charge in [-0.25, -0.2) is 8.91 Å². The largest absolute Gasteiger partial charge is 0.394 e. The molecular weight excluding hydrogens is 215 g/mol. The summed E-state index contributed by atoms with van der Waals surface area (Å²) < 4.78 is 14.1. The summed E-state index contributed by atoms with van der Waals surface area (Å²) in [6, 6.07) is 2.78. The zero-order valence-corrected chi connectivity index (χ0v) is 8.34. The number of aliphatic hydroxyl groups is 2. The van der Waals surface area contributed by atoms with Crippen LogP contribution in [0.2, 0.25) is 0 Å². The number of halogens is 1. The van der Waals surface area contributed by atoms with Gasteiger partial charge in [-0.3, -0.25) is 0 Å². The van der Waals surface area contributed by atoms with E-state index in [2.05, 4.69) is 15.4 Å². The SMILES string of the molecule is OCC(O)CNc1nc2ccc(F)cn2n1. The Kier molecular flexibility index (Phi) is 2.97. The fourth-order valence-electron chi connectivity index (χ4n) is 1.21. The van der Waals surface area contributed by atoms with Crippen molar-refractivity contribution >= 4 is 11.6 Å². The summed E-state index contributed by atoms with van der Waals surface area (Å²) in [5.41, 5.74) is 0.502. The number of pyridine rings is 1. The van der Waals surface area contributed by atoms with Crippen molar-refractivity contribution in [3.05, 3.63) is 24.1 Å². The molecule has 7 heteroatoms. The van der Waals surface area contributed by atoms with Gasteiger partial charge >= 0.3 is 0 Å². The summed E-state index contributed by atoms with van der Waals surface area (Å²) in [4.78, 5) is 4.04. The van der Waals surface area contributed by atoms with Gasteiger partial charge in [0.25, 0.3) is 0 Å². The van der Waals surface area contributed by atoms with Crippen LogP contribution in [0.3, 0.4) is 0 Å². The number of hydrogen-bond acceptors (Lipinski definition) is 5. The predicted molar refractivity (Wildman–Crippen MR) is 54.5 cm³/mol. The second-order valence-corrected chi connectivity index (χ2v) is 3.30. The minimum Gasteiger partial charge on any atom is -0.394 e. The Labute approximate surface area is 90.4 Å². The summed E-state index contributed by atoms with van der Waals surface area (Å²) in [6.07, 6.45) is 0.332. The average Bonchev–Trinajstić information content (AvgIpc) is 2.67. The smallest absolute Gasteiger partial charge is 0.243 e. The van der Waals surface area contributed by atoms with Gasteiger partial charge in [-0.1, -0.05) is 0 Å². The maximum atomic E-state index is 12.8. The number of aliphatic hydroxyl groups excluding tert-OH is 2. The zero-order valence-electron chi connectivity index (χ0n) is 8.34. The number of aromatic nitrogens is 3. The van der Waals surface area contributed by atoms with Crippen LogP contribution < -0.4 is 5.32 Å². The summed E-state index contributed by atoms with van der Waals surface area (Å²) in [6.45, 7) is -0.204. The van der Waals surface area contributed by atoms with Crippen LogP contribution in [0.1, 0.15) is 0 Å². The highest BCUT2D eigenvalue weighted by Crippen LogP contribution is 2.06. The molecule has 0 aliphatic heterocycles. The number of nitrogens with zero attached hydrogens (tertiary/aromatic N) is 3. The molecule has 6 nitrogen and oxygen atoms in total. The molecule has 1 unspecified atom stereocenters. The van der Waals surface area contributed by atoms with Gasteiger partial charge in [0.1, 0.15) is 5.82 Å². The number of hydrogen-bond donors (Lipinski definition) is 3. The highest BCUT2D eigenvalue weighted by molar-refractivity contribution is 5.43. The fourth-order valence-corrected chi connectivity index (χ4v) is 1.21. The highest BCUT2D eigenvalue weighted by atomic mass is 19.1. The van der Waals surface area contributed by atoms with E-state index < -0.39 is 11.9 Å². The van der Waals surface area contributed by atoms with Crippen molar-refractivity contribution in [2.75, 3.05) is 18.5 Å². The second kappa shape index (κ2) is 4.42. The summed E-state index contributed by atoms with van der Waals surface area (Å²) in [7, 11) is 0. The molecule has 3 N–H and O–H groups in total. The summed E-state index contributed by atoms with van der Waals surface area (Å²) in [5.74, 6) is -0.127. The van der Waals surface area contributed by atoms with E-state index in [1.54, 1.807) is 0 Å². The van der Waals surface area contributed by atoms with Crippen molar-refractivity contribution in [2.24, 2.45) is 0 Å². The molecule has 0 radical (unpaired) electrons. The molecule has 1 atom stereocenters. The molecule has 0 amide bonds. The first-order valence-electron chi connectivity index (χ1n) is 4.74. The van der Waals surface area contributed by atoms with Crippen LogP contribution in [0.4, 0.5) is 10.3 Å². The molecule has 2 heterocycles. The molecule has 0 fully saturated rings. The van der Waals surface area contributed by atoms with Crippen LogP contribution in [0.15, 0.2) is 18.3 Å². The highest BCUT2D eigenvalue weighted by Gasteiger charge is 2.06. The van der Waals surface area contributed by atoms with E-state index in [4.69, 9.17) is 10.2 Å². The molecule has 0 bridgehead atoms. The third-order valence-electron chi connectivity index (χ3n) is 2.00. The molecule has 2 aromatic heterocycles. The van der Waals surface area contributed by atoms with E-state index >= 15 is 0 Å². The molecule has 0 saturated carbocycles. The van der Waals surface area contributed by atoms with E-state index in [-0.39, 0.29) is 19.1 Å². The van der Waals surface area contributed by atoms with Crippen LogP contribution in [-0.2, 0) is 0 Å². The van der Waals surface area contributed by atoms with Crippen molar-refractivity contribution < 1.29 is 14.6 Å². The van der Waals surface area contributed by atoms with Crippen LogP contribution >= 0.6 is 0 Å². The third kappa shape index (κ3) is 2.26. The van der Waals surface area contributed by atoms with Crippen molar-refractivity contribution in [3.8, 4) is 0 Å². The van der Waals surface area contributed by atoms with E-state index in [0.717, 1.165) is 0 Å². The average molecular weight is 226 g/mol. The maximum absolute atomic E-state index is 12.8. The number of anilines is 1. The summed E-state index contributed by atoms with van der Waals surface area (Å²) in [5, 5.41) is 24.4. The number of rotatable bonds is 4. The monoisotopic (exact) mass is 226 g/mol. The topological polar surface area (TPSA) is 82.7 Å². The molecule has 0 aliphatic rings. The molecule has 0 aromatic carbocycles. The number of nitrogens with one attached hydrogen (secondary N) is 1. The van der Waals surface area contributed by atoms with Crippen LogP contribution in [0, 0.1) is 5.82 Å². The number of fused-ring (bicyclic) bond motifs is 1. The second-order valence-electron chi connectivity index (χ2n) is 3.30. The molecule has 0 aliphatic carbocycles. The van der Waals surface area contributed by atoms with Gasteiger partial charge in [0.05, 0.1) is 18.9 Å². The van der Waals surface area contributed by atoms with Crippen molar-refractivity contribution in [3.63, 3.8) is 0 Å². The first-order chi connectivity index (χ1) is 7.69. The first kappa shape index (κ1) is 10.8. The molecule has 0 spiro atoms. The molecule has 16 heavy (non-hydrogen) atoms. The van der Waals surface area contributed by atoms with Crippen LogP contribution in [0.25, 0.3) is 5.65 Å². The van der Waals surface area contributed by atoms with Gasteiger partial charge in [0.2, 0.25) is 5.95 Å². The molecule has 86 valence electrons. The van der Waals surface area contributed by atoms with Gasteiger partial charge in [-0.15, -0.1) is 5.10 Å². The van der Waals surface area contributed by atoms with E-state index in [1.165, 1.54) is 22.8 Å². The Morgan fingerprint density at radius 2 is 2.31 bits per heavy atom. The Bertz CT molecular complexity index is 487.